The molecule has 4 aromatic heterocycles. The second kappa shape index (κ2) is 8.07. The van der Waals surface area contributed by atoms with E-state index in [-0.39, 0.29) is 5.56 Å². The largest absolute Gasteiger partial charge is 0.363 e. The first kappa shape index (κ1) is 19.6. The number of anilines is 1. The molecule has 5 aromatic rings. The third-order valence-corrected chi connectivity index (χ3v) is 5.26. The van der Waals surface area contributed by atoms with Crippen LogP contribution < -0.4 is 10.9 Å². The fourth-order valence-corrected chi connectivity index (χ4v) is 3.57. The van der Waals surface area contributed by atoms with Gasteiger partial charge in [-0.25, -0.2) is 14.4 Å². The summed E-state index contributed by atoms with van der Waals surface area (Å²) < 4.78 is 17.0. The van der Waals surface area contributed by atoms with Crippen LogP contribution in [-0.2, 0) is 13.6 Å². The van der Waals surface area contributed by atoms with Crippen LogP contribution in [0.25, 0.3) is 28.0 Å². The first-order valence-corrected chi connectivity index (χ1v) is 10.0. The van der Waals surface area contributed by atoms with E-state index >= 15 is 0 Å². The van der Waals surface area contributed by atoms with Gasteiger partial charge in [0.15, 0.2) is 11.5 Å². The Kier molecular flexibility index (Phi) is 4.95. The molecule has 1 N–H and O–H groups in total. The van der Waals surface area contributed by atoms with E-state index in [9.17, 15) is 9.18 Å². The Labute approximate surface area is 182 Å². The minimum absolute atomic E-state index is 0.0351. The topological polar surface area (TPSA) is 77.1 Å². The summed E-state index contributed by atoms with van der Waals surface area (Å²) in [4.78, 5) is 24.4. The Balaban J connectivity index is 1.36. The third kappa shape index (κ3) is 3.74. The van der Waals surface area contributed by atoms with Gasteiger partial charge in [-0.15, -0.1) is 0 Å². The van der Waals surface area contributed by atoms with Crippen LogP contribution in [0.1, 0.15) is 5.56 Å². The number of pyridine rings is 2. The van der Waals surface area contributed by atoms with Crippen molar-refractivity contribution in [2.24, 2.45) is 7.05 Å². The number of nitrogens with one attached hydrogen (secondary N) is 1. The SMILES string of the molecule is Cn1cc(-c2ccc(CNc3nccn4c(-c5cncc(F)c5)cnc34)cc2)ccc1=O. The number of fused-ring (bicyclic) bond motifs is 1. The number of nitrogens with zero attached hydrogens (tertiary/aromatic N) is 5. The number of imidazole rings is 1. The second-order valence-electron chi connectivity index (χ2n) is 7.42. The molecule has 0 saturated heterocycles. The minimum atomic E-state index is -0.397. The molecule has 32 heavy (non-hydrogen) atoms. The van der Waals surface area contributed by atoms with Crippen LogP contribution in [0, 0.1) is 5.82 Å². The summed E-state index contributed by atoms with van der Waals surface area (Å²) in [7, 11) is 1.74. The number of halogens is 1. The Morgan fingerprint density at radius 2 is 1.78 bits per heavy atom. The molecule has 0 unspecified atom stereocenters. The van der Waals surface area contributed by atoms with E-state index in [4.69, 9.17) is 0 Å². The number of benzene rings is 1. The number of hydrogen-bond acceptors (Lipinski definition) is 5. The van der Waals surface area contributed by atoms with Crippen molar-refractivity contribution in [3.63, 3.8) is 0 Å². The normalized spacial score (nSPS) is 11.1. The van der Waals surface area contributed by atoms with Crippen LogP contribution in [0.2, 0.25) is 0 Å². The van der Waals surface area contributed by atoms with E-state index in [1.165, 1.54) is 12.3 Å². The summed E-state index contributed by atoms with van der Waals surface area (Å²) in [6.07, 6.45) is 9.74. The predicted molar refractivity (Wildman–Crippen MR) is 121 cm³/mol. The smallest absolute Gasteiger partial charge is 0.250 e. The van der Waals surface area contributed by atoms with E-state index in [1.807, 2.05) is 40.9 Å². The Hall–Kier alpha value is -4.33. The van der Waals surface area contributed by atoms with Crippen molar-refractivity contribution in [1.29, 1.82) is 0 Å². The van der Waals surface area contributed by atoms with Crippen LogP contribution in [0.3, 0.4) is 0 Å². The summed E-state index contributed by atoms with van der Waals surface area (Å²) in [6.45, 7) is 0.559. The Morgan fingerprint density at radius 1 is 0.969 bits per heavy atom. The van der Waals surface area contributed by atoms with Gasteiger partial charge in [0.25, 0.3) is 0 Å². The lowest BCUT2D eigenvalue weighted by Crippen LogP contribution is -2.13. The lowest BCUT2D eigenvalue weighted by atomic mass is 10.1. The van der Waals surface area contributed by atoms with Gasteiger partial charge in [0.2, 0.25) is 5.56 Å². The van der Waals surface area contributed by atoms with Crippen molar-refractivity contribution in [1.82, 2.24) is 23.9 Å². The van der Waals surface area contributed by atoms with E-state index in [1.54, 1.807) is 42.5 Å². The van der Waals surface area contributed by atoms with E-state index in [0.29, 0.717) is 23.6 Å². The van der Waals surface area contributed by atoms with Crippen LogP contribution in [0.15, 0.2) is 84.4 Å². The molecule has 0 aliphatic rings. The molecule has 0 atom stereocenters. The quantitative estimate of drug-likeness (QED) is 0.461. The molecule has 0 saturated carbocycles. The molecule has 8 heteroatoms. The van der Waals surface area contributed by atoms with E-state index < -0.39 is 5.82 Å². The van der Waals surface area contributed by atoms with Crippen LogP contribution in [0.5, 0.6) is 0 Å². The molecule has 0 fully saturated rings. The molecule has 4 heterocycles. The molecule has 158 valence electrons. The first-order chi connectivity index (χ1) is 15.6. The van der Waals surface area contributed by atoms with Gasteiger partial charge in [0, 0.05) is 50.0 Å². The number of hydrogen-bond donors (Lipinski definition) is 1. The highest BCUT2D eigenvalue weighted by molar-refractivity contribution is 5.70. The van der Waals surface area contributed by atoms with Crippen molar-refractivity contribution in [2.45, 2.75) is 6.54 Å². The van der Waals surface area contributed by atoms with Gasteiger partial charge in [-0.2, -0.15) is 0 Å². The van der Waals surface area contributed by atoms with Crippen molar-refractivity contribution in [2.75, 3.05) is 5.32 Å². The lowest BCUT2D eigenvalue weighted by Gasteiger charge is -2.09. The maximum absolute atomic E-state index is 13.6. The fraction of sp³-hybridized carbons (Fsp3) is 0.0833. The van der Waals surface area contributed by atoms with Gasteiger partial charge in [-0.1, -0.05) is 24.3 Å². The molecule has 5 rings (SSSR count). The zero-order valence-electron chi connectivity index (χ0n) is 17.2. The standard InChI is InChI=1S/C24H19FN6O/c1-30-15-18(6-7-22(30)32)17-4-2-16(3-5-17)11-28-23-24-29-14-21(31(24)9-8-27-23)19-10-20(25)13-26-12-19/h2-10,12-15H,11H2,1H3,(H,27,28). The third-order valence-electron chi connectivity index (χ3n) is 5.26. The molecule has 0 aliphatic heterocycles. The monoisotopic (exact) mass is 426 g/mol. The highest BCUT2D eigenvalue weighted by Gasteiger charge is 2.11. The summed E-state index contributed by atoms with van der Waals surface area (Å²) >= 11 is 0. The summed E-state index contributed by atoms with van der Waals surface area (Å²) in [5, 5.41) is 3.33. The molecule has 0 spiro atoms. The molecule has 0 amide bonds. The average molecular weight is 426 g/mol. The predicted octanol–water partition coefficient (Wildman–Crippen LogP) is 3.91. The van der Waals surface area contributed by atoms with Gasteiger partial charge < -0.3 is 9.88 Å². The summed E-state index contributed by atoms with van der Waals surface area (Å²) in [5.41, 5.74) is 5.08. The van der Waals surface area contributed by atoms with Crippen LogP contribution in [0.4, 0.5) is 10.2 Å². The molecule has 0 bridgehead atoms. The van der Waals surface area contributed by atoms with Gasteiger partial charge in [0.1, 0.15) is 5.82 Å². The van der Waals surface area contributed by atoms with Crippen LogP contribution >= 0.6 is 0 Å². The van der Waals surface area contributed by atoms with Crippen molar-refractivity contribution >= 4 is 11.5 Å². The Bertz CT molecular complexity index is 1470. The van der Waals surface area contributed by atoms with Gasteiger partial charge >= 0.3 is 0 Å². The van der Waals surface area contributed by atoms with Gasteiger partial charge in [0.05, 0.1) is 18.1 Å². The van der Waals surface area contributed by atoms with Crippen molar-refractivity contribution < 1.29 is 4.39 Å². The van der Waals surface area contributed by atoms with E-state index in [0.717, 1.165) is 22.4 Å². The lowest BCUT2D eigenvalue weighted by molar-refractivity contribution is 0.622. The highest BCUT2D eigenvalue weighted by atomic mass is 19.1. The van der Waals surface area contributed by atoms with Gasteiger partial charge in [-0.3, -0.25) is 14.2 Å². The molecule has 0 radical (unpaired) electrons. The molecular weight excluding hydrogens is 407 g/mol. The molecule has 7 nitrogen and oxygen atoms in total. The maximum atomic E-state index is 13.6. The maximum Gasteiger partial charge on any atom is 0.250 e. The summed E-state index contributed by atoms with van der Waals surface area (Å²) in [6, 6.07) is 12.9. The van der Waals surface area contributed by atoms with Gasteiger partial charge in [-0.05, 0) is 28.8 Å². The first-order valence-electron chi connectivity index (χ1n) is 10.0. The molecule has 1 aromatic carbocycles. The number of aromatic nitrogens is 5. The van der Waals surface area contributed by atoms with Crippen molar-refractivity contribution in [3.05, 3.63) is 101 Å². The molecular formula is C24H19FN6O. The minimum Gasteiger partial charge on any atom is -0.363 e. The van der Waals surface area contributed by atoms with E-state index in [2.05, 4.69) is 20.3 Å². The summed E-state index contributed by atoms with van der Waals surface area (Å²) in [5.74, 6) is 0.233. The molecule has 0 aliphatic carbocycles. The Morgan fingerprint density at radius 3 is 2.56 bits per heavy atom. The fourth-order valence-electron chi connectivity index (χ4n) is 3.57. The highest BCUT2D eigenvalue weighted by Crippen LogP contribution is 2.24. The second-order valence-corrected chi connectivity index (χ2v) is 7.42. The zero-order valence-corrected chi connectivity index (χ0v) is 17.2. The van der Waals surface area contributed by atoms with Crippen molar-refractivity contribution in [3.8, 4) is 22.4 Å². The number of aryl methyl sites for hydroxylation is 1. The number of rotatable bonds is 5. The zero-order chi connectivity index (χ0) is 22.1. The average Bonchev–Trinajstić information content (AvgIpc) is 3.25. The van der Waals surface area contributed by atoms with Crippen LogP contribution in [-0.4, -0.2) is 23.9 Å².